The highest BCUT2D eigenvalue weighted by atomic mass is 31.2. The Balaban J connectivity index is 4.19. The lowest BCUT2D eigenvalue weighted by Crippen LogP contribution is -2.29. The van der Waals surface area contributed by atoms with Gasteiger partial charge in [-0.05, 0) is 50.9 Å². The number of aliphatic hydroxyl groups excluding tert-OH is 1. The summed E-state index contributed by atoms with van der Waals surface area (Å²) >= 11 is 0. The van der Waals surface area contributed by atoms with Crippen LogP contribution in [0.3, 0.4) is 0 Å². The van der Waals surface area contributed by atoms with Gasteiger partial charge in [0.25, 0.3) is 0 Å². The number of rotatable bonds is 32. The Morgan fingerprint density at radius 1 is 0.700 bits per heavy atom. The molecule has 0 bridgehead atoms. The molecule has 0 spiro atoms. The Morgan fingerprint density at radius 2 is 1.30 bits per heavy atom. The summed E-state index contributed by atoms with van der Waals surface area (Å²) in [5, 5.41) is 9.80. The zero-order chi connectivity index (χ0) is 37.1. The summed E-state index contributed by atoms with van der Waals surface area (Å²) in [5.74, 6) is -0.197. The van der Waals surface area contributed by atoms with Crippen molar-refractivity contribution in [1.82, 2.24) is 0 Å². The molecule has 0 rings (SSSR count). The second-order valence-electron chi connectivity index (χ2n) is 12.6. The highest BCUT2D eigenvalue weighted by molar-refractivity contribution is 7.46. The topological polar surface area (TPSA) is 140 Å². The summed E-state index contributed by atoms with van der Waals surface area (Å²) in [6.45, 7) is 5.70. The molecule has 2 unspecified atom stereocenters. The fourth-order valence-electron chi connectivity index (χ4n) is 4.69. The Labute approximate surface area is 302 Å². The van der Waals surface area contributed by atoms with Gasteiger partial charge in [-0.3, -0.25) is 14.1 Å². The van der Waals surface area contributed by atoms with E-state index in [0.717, 1.165) is 50.9 Å². The number of esters is 2. The van der Waals surface area contributed by atoms with Crippen molar-refractivity contribution in [3.05, 3.63) is 72.9 Å². The fraction of sp³-hybridized carbons (Fsp3) is 0.650. The van der Waals surface area contributed by atoms with Gasteiger partial charge in [-0.15, -0.1) is 0 Å². The van der Waals surface area contributed by atoms with Gasteiger partial charge >= 0.3 is 19.8 Å². The molecule has 9 nitrogen and oxygen atoms in total. The van der Waals surface area contributed by atoms with E-state index in [-0.39, 0.29) is 19.4 Å². The van der Waals surface area contributed by atoms with Crippen molar-refractivity contribution in [3.8, 4) is 0 Å². The number of carbonyl (C=O) groups is 2. The Kier molecular flexibility index (Phi) is 31.9. The zero-order valence-corrected chi connectivity index (χ0v) is 31.9. The molecule has 0 aromatic rings. The van der Waals surface area contributed by atoms with Crippen molar-refractivity contribution in [2.45, 2.75) is 149 Å². The Morgan fingerprint density at radius 3 is 1.92 bits per heavy atom. The molecule has 50 heavy (non-hydrogen) atoms. The normalized spacial score (nSPS) is 14.6. The number of aliphatic hydroxyl groups is 1. The predicted octanol–water partition coefficient (Wildman–Crippen LogP) is 9.95. The van der Waals surface area contributed by atoms with Gasteiger partial charge in [0.1, 0.15) is 6.61 Å². The number of phosphoric acid groups is 1. The molecule has 0 aliphatic rings. The number of ether oxygens (including phenoxy) is 2. The van der Waals surface area contributed by atoms with Crippen LogP contribution in [0, 0.1) is 5.92 Å². The van der Waals surface area contributed by atoms with Crippen molar-refractivity contribution >= 4 is 19.8 Å². The summed E-state index contributed by atoms with van der Waals surface area (Å²) < 4.78 is 26.2. The molecule has 0 aliphatic heterocycles. The average molecular weight is 723 g/mol. The molecule has 0 saturated heterocycles. The highest BCUT2D eigenvalue weighted by Gasteiger charge is 2.22. The van der Waals surface area contributed by atoms with E-state index >= 15 is 0 Å². The first-order chi connectivity index (χ1) is 24.1. The van der Waals surface area contributed by atoms with Crippen molar-refractivity contribution in [2.24, 2.45) is 5.92 Å². The molecule has 10 heteroatoms. The Hall–Kier alpha value is -2.55. The molecule has 286 valence electrons. The number of allylic oxidation sites excluding steroid dienone is 10. The first kappa shape index (κ1) is 47.4. The maximum absolute atomic E-state index is 12.3. The van der Waals surface area contributed by atoms with Crippen LogP contribution in [0.15, 0.2) is 72.9 Å². The van der Waals surface area contributed by atoms with Crippen LogP contribution in [-0.4, -0.2) is 52.3 Å². The van der Waals surface area contributed by atoms with Crippen LogP contribution in [0.1, 0.15) is 136 Å². The lowest BCUT2D eigenvalue weighted by atomic mass is 9.99. The lowest BCUT2D eigenvalue weighted by molar-refractivity contribution is -0.161. The van der Waals surface area contributed by atoms with E-state index in [1.54, 1.807) is 6.08 Å². The molecule has 0 aromatic carbocycles. The maximum atomic E-state index is 12.3. The largest absolute Gasteiger partial charge is 0.469 e. The van der Waals surface area contributed by atoms with Crippen LogP contribution >= 0.6 is 7.82 Å². The summed E-state index contributed by atoms with van der Waals surface area (Å²) in [5.41, 5.74) is 0. The minimum Gasteiger partial charge on any atom is -0.462 e. The fourth-order valence-corrected chi connectivity index (χ4v) is 5.05. The number of unbranched alkanes of at least 4 members (excludes halogenated alkanes) is 7. The predicted molar refractivity (Wildman–Crippen MR) is 203 cm³/mol. The van der Waals surface area contributed by atoms with Gasteiger partial charge in [0, 0.05) is 12.8 Å². The van der Waals surface area contributed by atoms with Crippen LogP contribution in [0.25, 0.3) is 0 Å². The number of carbonyl (C=O) groups excluding carboxylic acids is 2. The molecule has 0 aromatic heterocycles. The molecule has 0 fully saturated rings. The van der Waals surface area contributed by atoms with Gasteiger partial charge < -0.3 is 24.4 Å². The Bertz CT molecular complexity index is 1070. The second kappa shape index (κ2) is 33.6. The summed E-state index contributed by atoms with van der Waals surface area (Å²) in [6.07, 6.45) is 38.3. The number of hydrogen-bond donors (Lipinski definition) is 3. The molecule has 0 saturated carbocycles. The maximum Gasteiger partial charge on any atom is 0.469 e. The van der Waals surface area contributed by atoms with Crippen LogP contribution in [0.4, 0.5) is 0 Å². The molecule has 0 aliphatic carbocycles. The number of phosphoric ester groups is 1. The first-order valence-electron chi connectivity index (χ1n) is 18.7. The molecule has 0 radical (unpaired) electrons. The van der Waals surface area contributed by atoms with Gasteiger partial charge in [-0.2, -0.15) is 0 Å². The third-order valence-electron chi connectivity index (χ3n) is 7.87. The smallest absolute Gasteiger partial charge is 0.462 e. The summed E-state index contributed by atoms with van der Waals surface area (Å²) in [4.78, 5) is 42.6. The lowest BCUT2D eigenvalue weighted by Gasteiger charge is -2.18. The van der Waals surface area contributed by atoms with E-state index < -0.39 is 38.6 Å². The minimum absolute atomic E-state index is 0.0682. The quantitative estimate of drug-likeness (QED) is 0.0203. The third kappa shape index (κ3) is 35.3. The molecular formula is C40H67O9P. The molecule has 3 N–H and O–H groups in total. The van der Waals surface area contributed by atoms with E-state index in [9.17, 15) is 19.3 Å². The van der Waals surface area contributed by atoms with Crippen molar-refractivity contribution in [3.63, 3.8) is 0 Å². The summed E-state index contributed by atoms with van der Waals surface area (Å²) in [6, 6.07) is 0. The second-order valence-corrected chi connectivity index (χ2v) is 13.9. The van der Waals surface area contributed by atoms with Gasteiger partial charge in [0.2, 0.25) is 0 Å². The molecule has 0 amide bonds. The first-order valence-corrected chi connectivity index (χ1v) is 20.3. The van der Waals surface area contributed by atoms with Gasteiger partial charge in [0.15, 0.2) is 6.10 Å². The monoisotopic (exact) mass is 722 g/mol. The van der Waals surface area contributed by atoms with Crippen LogP contribution < -0.4 is 0 Å². The van der Waals surface area contributed by atoms with E-state index in [1.807, 2.05) is 48.6 Å². The number of hydrogen-bond acceptors (Lipinski definition) is 7. The minimum atomic E-state index is -4.78. The van der Waals surface area contributed by atoms with E-state index in [1.165, 1.54) is 38.5 Å². The van der Waals surface area contributed by atoms with Crippen LogP contribution in [0.2, 0.25) is 0 Å². The average Bonchev–Trinajstić information content (AvgIpc) is 3.08. The van der Waals surface area contributed by atoms with E-state index in [0.29, 0.717) is 19.3 Å². The van der Waals surface area contributed by atoms with Gasteiger partial charge in [-0.1, -0.05) is 151 Å². The third-order valence-corrected chi connectivity index (χ3v) is 8.36. The SMILES string of the molecule is CC/C=C\CC(O)/C=C/C=C/C/C=C\C/C=C\C/C=C\CCC(=O)O[C@H](COC(=O)CCCCCCCCCCC(C)CC)COP(=O)(O)O. The van der Waals surface area contributed by atoms with Crippen molar-refractivity contribution < 1.29 is 43.0 Å². The standard InChI is InChI=1S/C40H67O9P/c1-4-6-24-30-37(41)31-26-21-17-12-10-8-7-9-11-13-19-23-28-33-40(43)49-38(35-48-50(44,45)46)34-47-39(42)32-27-22-18-15-14-16-20-25-29-36(3)5-2/h6,8-11,17,19,21,23-24,26,31,36-38,41H,4-5,7,12-16,18,20,22,25,27-30,32-35H2,1-3H3,(H2,44,45,46)/b10-8-,11-9-,21-17+,23-19-,24-6-,31-26+/t36?,37?,38-/m1/s1. The van der Waals surface area contributed by atoms with Gasteiger partial charge in [0.05, 0.1) is 12.7 Å². The zero-order valence-electron chi connectivity index (χ0n) is 31.0. The molecule has 0 heterocycles. The van der Waals surface area contributed by atoms with Crippen LogP contribution in [-0.2, 0) is 28.2 Å². The van der Waals surface area contributed by atoms with Crippen molar-refractivity contribution in [2.75, 3.05) is 13.2 Å². The van der Waals surface area contributed by atoms with Gasteiger partial charge in [-0.25, -0.2) is 4.57 Å². The summed E-state index contributed by atoms with van der Waals surface area (Å²) in [7, 11) is -4.78. The van der Waals surface area contributed by atoms with Crippen molar-refractivity contribution in [1.29, 1.82) is 0 Å². The molecule has 3 atom stereocenters. The van der Waals surface area contributed by atoms with E-state index in [4.69, 9.17) is 19.3 Å². The highest BCUT2D eigenvalue weighted by Crippen LogP contribution is 2.36. The van der Waals surface area contributed by atoms with Crippen LogP contribution in [0.5, 0.6) is 0 Å². The van der Waals surface area contributed by atoms with E-state index in [2.05, 4.69) is 43.5 Å². The molecular weight excluding hydrogens is 655 g/mol.